The lowest BCUT2D eigenvalue weighted by molar-refractivity contribution is -0.704. The Hall–Kier alpha value is -3.25. The molecular formula is C25H25F2N2O2+. The molecule has 1 aliphatic rings. The van der Waals surface area contributed by atoms with E-state index in [0.717, 1.165) is 23.2 Å². The monoisotopic (exact) mass is 423 g/mol. The minimum Gasteiger partial charge on any atom is -0.435 e. The molecule has 0 bridgehead atoms. The summed E-state index contributed by atoms with van der Waals surface area (Å²) in [5.41, 5.74) is 4.12. The van der Waals surface area contributed by atoms with Gasteiger partial charge in [-0.25, -0.2) is 0 Å². The van der Waals surface area contributed by atoms with Crippen molar-refractivity contribution in [3.05, 3.63) is 95.6 Å². The smallest absolute Gasteiger partial charge is 0.387 e. The van der Waals surface area contributed by atoms with Crippen LogP contribution in [-0.2, 0) is 11.2 Å². The largest absolute Gasteiger partial charge is 0.435 e. The molecule has 4 rings (SSSR count). The van der Waals surface area contributed by atoms with Crippen molar-refractivity contribution in [3.63, 3.8) is 0 Å². The van der Waals surface area contributed by atoms with Gasteiger partial charge >= 0.3 is 6.61 Å². The molecule has 0 spiro atoms. The van der Waals surface area contributed by atoms with Crippen molar-refractivity contribution in [1.29, 1.82) is 0 Å². The predicted octanol–water partition coefficient (Wildman–Crippen LogP) is 3.92. The Kier molecular flexibility index (Phi) is 6.28. The fraction of sp³-hybridized carbons (Fsp3) is 0.240. The van der Waals surface area contributed by atoms with E-state index in [4.69, 9.17) is 0 Å². The molecule has 1 heterocycles. The molecule has 0 aromatic heterocycles. The van der Waals surface area contributed by atoms with E-state index in [0.29, 0.717) is 6.54 Å². The molecule has 0 radical (unpaired) electrons. The van der Waals surface area contributed by atoms with Crippen LogP contribution in [0.25, 0.3) is 0 Å². The number of benzene rings is 3. The average molecular weight is 423 g/mol. The van der Waals surface area contributed by atoms with Gasteiger partial charge in [0.25, 0.3) is 5.91 Å². The van der Waals surface area contributed by atoms with Crippen LogP contribution in [-0.4, -0.2) is 25.1 Å². The summed E-state index contributed by atoms with van der Waals surface area (Å²) in [5.74, 6) is 0.173. The molecule has 4 nitrogen and oxygen atoms in total. The van der Waals surface area contributed by atoms with Gasteiger partial charge in [-0.15, -0.1) is 0 Å². The highest BCUT2D eigenvalue weighted by molar-refractivity contribution is 5.97. The van der Waals surface area contributed by atoms with E-state index in [1.165, 1.54) is 17.7 Å². The Morgan fingerprint density at radius 1 is 0.935 bits per heavy atom. The first-order valence-electron chi connectivity index (χ1n) is 10.4. The second-order valence-corrected chi connectivity index (χ2v) is 7.69. The van der Waals surface area contributed by atoms with Crippen molar-refractivity contribution in [2.24, 2.45) is 0 Å². The summed E-state index contributed by atoms with van der Waals surface area (Å²) in [7, 11) is 0. The maximum absolute atomic E-state index is 13.3. The van der Waals surface area contributed by atoms with Gasteiger partial charge in [0.15, 0.2) is 6.04 Å². The molecule has 0 fully saturated rings. The first kappa shape index (κ1) is 21.0. The quantitative estimate of drug-likeness (QED) is 0.626. The number of nitrogens with two attached hydrogens (primary N) is 1. The highest BCUT2D eigenvalue weighted by Crippen LogP contribution is 2.28. The van der Waals surface area contributed by atoms with Crippen molar-refractivity contribution in [1.82, 2.24) is 0 Å². The van der Waals surface area contributed by atoms with Crippen molar-refractivity contribution >= 4 is 11.6 Å². The van der Waals surface area contributed by atoms with Gasteiger partial charge < -0.3 is 15.0 Å². The number of hydrogen-bond acceptors (Lipinski definition) is 2. The third kappa shape index (κ3) is 4.75. The third-order valence-electron chi connectivity index (χ3n) is 5.65. The van der Waals surface area contributed by atoms with Gasteiger partial charge in [-0.3, -0.25) is 4.79 Å². The lowest BCUT2D eigenvalue weighted by atomic mass is 9.97. The molecule has 2 N–H and O–H groups in total. The van der Waals surface area contributed by atoms with Crippen LogP contribution in [0.5, 0.6) is 5.75 Å². The maximum atomic E-state index is 13.3. The van der Waals surface area contributed by atoms with Gasteiger partial charge in [-0.05, 0) is 49.2 Å². The standard InChI is InChI=1S/C25H24F2N2O2/c1-17(24(30)29-16-15-18-7-5-6-10-22(18)29)28-23(19-8-3-2-4-9-19)20-11-13-21(14-12-20)31-25(26)27/h2-14,17,23,25,28H,15-16H2,1H3/p+1/t17-,23+/m1/s1. The summed E-state index contributed by atoms with van der Waals surface area (Å²) in [6, 6.07) is 24.0. The number of para-hydroxylation sites is 1. The zero-order chi connectivity index (χ0) is 21.8. The number of anilines is 1. The van der Waals surface area contributed by atoms with Crippen molar-refractivity contribution < 1.29 is 23.6 Å². The van der Waals surface area contributed by atoms with Crippen LogP contribution in [0.1, 0.15) is 29.7 Å². The molecule has 1 amide bonds. The molecule has 0 saturated carbocycles. The van der Waals surface area contributed by atoms with Gasteiger partial charge in [-0.2, -0.15) is 8.78 Å². The minimum atomic E-state index is -2.86. The second kappa shape index (κ2) is 9.27. The number of fused-ring (bicyclic) bond motifs is 1. The van der Waals surface area contributed by atoms with Crippen molar-refractivity contribution in [2.75, 3.05) is 11.4 Å². The number of carbonyl (C=O) groups excluding carboxylic acids is 1. The molecule has 160 valence electrons. The third-order valence-corrected chi connectivity index (χ3v) is 5.65. The summed E-state index contributed by atoms with van der Waals surface area (Å²) in [4.78, 5) is 15.1. The highest BCUT2D eigenvalue weighted by atomic mass is 19.3. The van der Waals surface area contributed by atoms with Gasteiger partial charge in [0, 0.05) is 23.4 Å². The first-order valence-corrected chi connectivity index (χ1v) is 10.4. The summed E-state index contributed by atoms with van der Waals surface area (Å²) in [5, 5.41) is 2.03. The Bertz CT molecular complexity index is 1030. The molecule has 2 atom stereocenters. The van der Waals surface area contributed by atoms with Crippen molar-refractivity contribution in [3.8, 4) is 5.75 Å². The Balaban J connectivity index is 1.56. The van der Waals surface area contributed by atoms with E-state index in [-0.39, 0.29) is 23.7 Å². The molecule has 0 saturated heterocycles. The first-order chi connectivity index (χ1) is 15.0. The van der Waals surface area contributed by atoms with Gasteiger partial charge in [0.1, 0.15) is 11.8 Å². The molecule has 31 heavy (non-hydrogen) atoms. The summed E-state index contributed by atoms with van der Waals surface area (Å²) < 4.78 is 29.4. The van der Waals surface area contributed by atoms with Crippen LogP contribution in [0, 0.1) is 0 Å². The number of ether oxygens (including phenoxy) is 1. The summed E-state index contributed by atoms with van der Waals surface area (Å²) in [6.45, 7) is -0.261. The Labute approximate surface area is 180 Å². The lowest BCUT2D eigenvalue weighted by Crippen LogP contribution is -2.92. The van der Waals surface area contributed by atoms with Gasteiger partial charge in [0.2, 0.25) is 0 Å². The molecular weight excluding hydrogens is 398 g/mol. The molecule has 3 aromatic rings. The number of alkyl halides is 2. The van der Waals surface area contributed by atoms with Crippen LogP contribution in [0.2, 0.25) is 0 Å². The molecule has 3 aromatic carbocycles. The normalized spacial score (nSPS) is 14.9. The molecule has 6 heteroatoms. The van der Waals surface area contributed by atoms with Crippen LogP contribution in [0.15, 0.2) is 78.9 Å². The molecule has 0 aliphatic carbocycles. The number of rotatable bonds is 7. The van der Waals surface area contributed by atoms with E-state index in [2.05, 4.69) is 10.8 Å². The van der Waals surface area contributed by atoms with Crippen molar-refractivity contribution in [2.45, 2.75) is 32.0 Å². The van der Waals surface area contributed by atoms with E-state index >= 15 is 0 Å². The predicted molar refractivity (Wildman–Crippen MR) is 115 cm³/mol. The fourth-order valence-corrected chi connectivity index (χ4v) is 4.12. The van der Waals surface area contributed by atoms with Crippen LogP contribution >= 0.6 is 0 Å². The Morgan fingerprint density at radius 3 is 2.29 bits per heavy atom. The Morgan fingerprint density at radius 2 is 1.58 bits per heavy atom. The zero-order valence-corrected chi connectivity index (χ0v) is 17.2. The van der Waals surface area contributed by atoms with Gasteiger partial charge in [-0.1, -0.05) is 48.5 Å². The summed E-state index contributed by atoms with van der Waals surface area (Å²) in [6.07, 6.45) is 0.863. The maximum Gasteiger partial charge on any atom is 0.387 e. The van der Waals surface area contributed by atoms with Crippen LogP contribution in [0.3, 0.4) is 0 Å². The van der Waals surface area contributed by atoms with E-state index in [9.17, 15) is 13.6 Å². The number of amides is 1. The lowest BCUT2D eigenvalue weighted by Gasteiger charge is -2.24. The minimum absolute atomic E-state index is 0.0588. The SMILES string of the molecule is C[C@@H]([NH2+][C@@H](c1ccccc1)c1ccc(OC(F)F)cc1)C(=O)N1CCc2ccccc21. The van der Waals surface area contributed by atoms with Crippen LogP contribution in [0.4, 0.5) is 14.5 Å². The molecule has 1 aliphatic heterocycles. The number of hydrogen-bond donors (Lipinski definition) is 1. The van der Waals surface area contributed by atoms with Crippen LogP contribution < -0.4 is 15.0 Å². The number of quaternary nitrogens is 1. The van der Waals surface area contributed by atoms with E-state index in [1.54, 1.807) is 12.1 Å². The second-order valence-electron chi connectivity index (χ2n) is 7.69. The summed E-state index contributed by atoms with van der Waals surface area (Å²) >= 11 is 0. The fourth-order valence-electron chi connectivity index (χ4n) is 4.12. The number of halogens is 2. The zero-order valence-electron chi connectivity index (χ0n) is 17.2. The van der Waals surface area contributed by atoms with E-state index in [1.807, 2.05) is 65.7 Å². The van der Waals surface area contributed by atoms with E-state index < -0.39 is 6.61 Å². The molecule has 0 unspecified atom stereocenters. The number of carbonyl (C=O) groups is 1. The topological polar surface area (TPSA) is 46.1 Å². The average Bonchev–Trinajstić information content (AvgIpc) is 3.22. The number of nitrogens with zero attached hydrogens (tertiary/aromatic N) is 1. The highest BCUT2D eigenvalue weighted by Gasteiger charge is 2.32. The van der Waals surface area contributed by atoms with Gasteiger partial charge in [0.05, 0.1) is 0 Å².